The number of halogens is 2. The van der Waals surface area contributed by atoms with E-state index in [9.17, 15) is 13.2 Å². The first-order valence-electron chi connectivity index (χ1n) is 4.53. The van der Waals surface area contributed by atoms with Gasteiger partial charge in [-0.1, -0.05) is 27.5 Å². The lowest BCUT2D eigenvalue weighted by atomic mass is 10.3. The molecule has 0 radical (unpaired) electrons. The van der Waals surface area contributed by atoms with Crippen molar-refractivity contribution in [3.8, 4) is 0 Å². The third kappa shape index (κ3) is 4.27. The van der Waals surface area contributed by atoms with Gasteiger partial charge in [-0.15, -0.1) is 0 Å². The Balaban J connectivity index is 3.03. The lowest BCUT2D eigenvalue weighted by Gasteiger charge is -2.08. The number of hydrogen-bond acceptors (Lipinski definition) is 3. The van der Waals surface area contributed by atoms with E-state index in [0.717, 1.165) is 0 Å². The van der Waals surface area contributed by atoms with Crippen LogP contribution in [-0.4, -0.2) is 19.7 Å². The zero-order chi connectivity index (χ0) is 13.1. The molecule has 0 aliphatic carbocycles. The Bertz CT molecular complexity index is 533. The lowest BCUT2D eigenvalue weighted by molar-refractivity contribution is -0.115. The van der Waals surface area contributed by atoms with Gasteiger partial charge in [0, 0.05) is 11.8 Å². The van der Waals surface area contributed by atoms with Gasteiger partial charge in [-0.25, -0.2) is 13.6 Å². The molecule has 17 heavy (non-hydrogen) atoms. The van der Waals surface area contributed by atoms with Crippen molar-refractivity contribution >= 4 is 49.1 Å². The Morgan fingerprint density at radius 1 is 1.47 bits per heavy atom. The standard InChI is InChI=1S/C9H10BrClN2O3S/c10-4-3-9(14)13-8-5-6(17(12,15)16)1-2-7(8)11/h1-2,5H,3-4H2,(H,13,14)(H2,12,15,16). The van der Waals surface area contributed by atoms with Crippen LogP contribution in [0.4, 0.5) is 5.69 Å². The van der Waals surface area contributed by atoms with Gasteiger partial charge in [0.2, 0.25) is 15.9 Å². The van der Waals surface area contributed by atoms with Gasteiger partial charge < -0.3 is 5.32 Å². The number of rotatable bonds is 4. The number of primary sulfonamides is 1. The molecule has 1 rings (SSSR count). The van der Waals surface area contributed by atoms with E-state index in [1.54, 1.807) is 0 Å². The smallest absolute Gasteiger partial charge is 0.238 e. The van der Waals surface area contributed by atoms with Gasteiger partial charge in [-0.3, -0.25) is 4.79 Å². The molecule has 1 amide bonds. The molecule has 0 spiro atoms. The van der Waals surface area contributed by atoms with Crippen LogP contribution in [0.15, 0.2) is 23.1 Å². The van der Waals surface area contributed by atoms with Crippen LogP contribution >= 0.6 is 27.5 Å². The van der Waals surface area contributed by atoms with Gasteiger partial charge in [-0.2, -0.15) is 0 Å². The first kappa shape index (κ1) is 14.4. The number of nitrogens with one attached hydrogen (secondary N) is 1. The summed E-state index contributed by atoms with van der Waals surface area (Å²) >= 11 is 8.95. The number of carbonyl (C=O) groups excluding carboxylic acids is 1. The van der Waals surface area contributed by atoms with E-state index in [4.69, 9.17) is 16.7 Å². The fourth-order valence-electron chi connectivity index (χ4n) is 1.08. The Kier molecular flexibility index (Phi) is 4.93. The topological polar surface area (TPSA) is 89.3 Å². The van der Waals surface area contributed by atoms with Crippen LogP contribution in [0.3, 0.4) is 0 Å². The summed E-state index contributed by atoms with van der Waals surface area (Å²) in [6.07, 6.45) is 0.260. The van der Waals surface area contributed by atoms with Crippen molar-refractivity contribution < 1.29 is 13.2 Å². The van der Waals surface area contributed by atoms with E-state index in [1.807, 2.05) is 0 Å². The van der Waals surface area contributed by atoms with Crippen LogP contribution < -0.4 is 10.5 Å². The molecular formula is C9H10BrClN2O3S. The maximum absolute atomic E-state index is 11.3. The zero-order valence-corrected chi connectivity index (χ0v) is 11.8. The largest absolute Gasteiger partial charge is 0.325 e. The third-order valence-corrected chi connectivity index (χ3v) is 3.50. The molecule has 0 aromatic heterocycles. The summed E-state index contributed by atoms with van der Waals surface area (Å²) < 4.78 is 22.2. The summed E-state index contributed by atoms with van der Waals surface area (Å²) in [5, 5.41) is 8.23. The molecule has 1 aromatic rings. The van der Waals surface area contributed by atoms with E-state index in [-0.39, 0.29) is 27.9 Å². The molecule has 94 valence electrons. The summed E-state index contributed by atoms with van der Waals surface area (Å²) in [6.45, 7) is 0. The van der Waals surface area contributed by atoms with Crippen LogP contribution in [-0.2, 0) is 14.8 Å². The van der Waals surface area contributed by atoms with Crippen molar-refractivity contribution in [2.24, 2.45) is 5.14 Å². The van der Waals surface area contributed by atoms with E-state index in [0.29, 0.717) is 5.33 Å². The van der Waals surface area contributed by atoms with E-state index in [2.05, 4.69) is 21.2 Å². The average molecular weight is 342 g/mol. The molecule has 0 saturated heterocycles. The summed E-state index contributed by atoms with van der Waals surface area (Å²) in [5.74, 6) is -0.268. The minimum absolute atomic E-state index is 0.101. The van der Waals surface area contributed by atoms with Crippen molar-refractivity contribution in [3.63, 3.8) is 0 Å². The maximum atomic E-state index is 11.3. The molecule has 0 atom stereocenters. The monoisotopic (exact) mass is 340 g/mol. The second-order valence-corrected chi connectivity index (χ2v) is 5.94. The van der Waals surface area contributed by atoms with Gasteiger partial charge in [0.05, 0.1) is 15.6 Å². The number of nitrogens with two attached hydrogens (primary N) is 1. The van der Waals surface area contributed by atoms with Crippen molar-refractivity contribution in [1.29, 1.82) is 0 Å². The molecule has 0 unspecified atom stereocenters. The summed E-state index contributed by atoms with van der Waals surface area (Å²) in [5.41, 5.74) is 0.226. The fraction of sp³-hybridized carbons (Fsp3) is 0.222. The predicted octanol–water partition coefficient (Wildman–Crippen LogP) is 1.71. The first-order valence-corrected chi connectivity index (χ1v) is 7.57. The van der Waals surface area contributed by atoms with Crippen LogP contribution in [0.5, 0.6) is 0 Å². The van der Waals surface area contributed by atoms with Gasteiger partial charge in [0.15, 0.2) is 0 Å². The van der Waals surface area contributed by atoms with Crippen LogP contribution in [0.1, 0.15) is 6.42 Å². The van der Waals surface area contributed by atoms with Crippen LogP contribution in [0.2, 0.25) is 5.02 Å². The first-order chi connectivity index (χ1) is 7.84. The second kappa shape index (κ2) is 5.81. The predicted molar refractivity (Wildman–Crippen MR) is 69.9 cm³/mol. The number of benzene rings is 1. The molecule has 0 aliphatic heterocycles. The Labute approximate surface area is 113 Å². The minimum atomic E-state index is -3.81. The van der Waals surface area contributed by atoms with Crippen molar-refractivity contribution in [3.05, 3.63) is 23.2 Å². The second-order valence-electron chi connectivity index (χ2n) is 3.17. The number of hydrogen-bond donors (Lipinski definition) is 2. The van der Waals surface area contributed by atoms with Crippen molar-refractivity contribution in [2.75, 3.05) is 10.6 Å². The molecule has 8 heteroatoms. The minimum Gasteiger partial charge on any atom is -0.325 e. The van der Waals surface area contributed by atoms with E-state index in [1.165, 1.54) is 18.2 Å². The van der Waals surface area contributed by atoms with Crippen LogP contribution in [0, 0.1) is 0 Å². The van der Waals surface area contributed by atoms with Gasteiger partial charge in [-0.05, 0) is 18.2 Å². The highest BCUT2D eigenvalue weighted by Gasteiger charge is 2.12. The van der Waals surface area contributed by atoms with Crippen molar-refractivity contribution in [1.82, 2.24) is 0 Å². The van der Waals surface area contributed by atoms with Crippen LogP contribution in [0.25, 0.3) is 0 Å². The molecule has 0 heterocycles. The van der Waals surface area contributed by atoms with E-state index < -0.39 is 10.0 Å². The lowest BCUT2D eigenvalue weighted by Crippen LogP contribution is -2.15. The molecule has 0 bridgehead atoms. The highest BCUT2D eigenvalue weighted by Crippen LogP contribution is 2.24. The van der Waals surface area contributed by atoms with Gasteiger partial charge in [0.25, 0.3) is 0 Å². The summed E-state index contributed by atoms with van der Waals surface area (Å²) in [7, 11) is -3.81. The Morgan fingerprint density at radius 2 is 2.12 bits per heavy atom. The average Bonchev–Trinajstić information content (AvgIpc) is 2.20. The zero-order valence-electron chi connectivity index (χ0n) is 8.61. The third-order valence-electron chi connectivity index (χ3n) is 1.86. The van der Waals surface area contributed by atoms with E-state index >= 15 is 0 Å². The van der Waals surface area contributed by atoms with Crippen molar-refractivity contribution in [2.45, 2.75) is 11.3 Å². The Morgan fingerprint density at radius 3 is 2.65 bits per heavy atom. The fourth-order valence-corrected chi connectivity index (χ4v) is 2.14. The SMILES string of the molecule is NS(=O)(=O)c1ccc(Cl)c(NC(=O)CCBr)c1. The molecule has 0 aliphatic rings. The number of alkyl halides is 1. The molecule has 1 aromatic carbocycles. The normalized spacial score (nSPS) is 11.2. The van der Waals surface area contributed by atoms with Gasteiger partial charge in [0.1, 0.15) is 0 Å². The number of sulfonamides is 1. The molecule has 3 N–H and O–H groups in total. The molecule has 5 nitrogen and oxygen atoms in total. The number of anilines is 1. The molecule has 0 fully saturated rings. The maximum Gasteiger partial charge on any atom is 0.238 e. The molecule has 0 saturated carbocycles. The number of carbonyl (C=O) groups is 1. The molecular weight excluding hydrogens is 332 g/mol. The highest BCUT2D eigenvalue weighted by atomic mass is 79.9. The number of amides is 1. The van der Waals surface area contributed by atoms with Gasteiger partial charge >= 0.3 is 0 Å². The Hall–Kier alpha value is -0.630. The summed E-state index contributed by atoms with van der Waals surface area (Å²) in [4.78, 5) is 11.2. The quantitative estimate of drug-likeness (QED) is 0.817. The summed E-state index contributed by atoms with van der Waals surface area (Å²) in [6, 6.07) is 3.87. The highest BCUT2D eigenvalue weighted by molar-refractivity contribution is 9.09.